The first kappa shape index (κ1) is 10.9. The van der Waals surface area contributed by atoms with Crippen molar-refractivity contribution < 1.29 is 13.2 Å². The molecule has 0 bridgehead atoms. The number of nitrogens with zero attached hydrogens (tertiary/aromatic N) is 1. The van der Waals surface area contributed by atoms with Crippen LogP contribution in [-0.2, 0) is 0 Å². The lowest BCUT2D eigenvalue weighted by atomic mass is 10.2. The average Bonchev–Trinajstić information content (AvgIpc) is 2.64. The highest BCUT2D eigenvalue weighted by molar-refractivity contribution is 7.99. The molecule has 0 aliphatic rings. The first-order valence-corrected chi connectivity index (χ1v) is 5.29. The minimum atomic E-state index is -2.44. The topological polar surface area (TPSA) is 52.0 Å². The van der Waals surface area contributed by atoms with Crippen LogP contribution in [0.4, 0.5) is 14.8 Å². The Labute approximate surface area is 94.7 Å². The minimum Gasteiger partial charge on any atom is -0.424 e. The summed E-state index contributed by atoms with van der Waals surface area (Å²) < 4.78 is 29.4. The van der Waals surface area contributed by atoms with E-state index in [2.05, 4.69) is 4.98 Å². The third-order valence-corrected chi connectivity index (χ3v) is 2.57. The van der Waals surface area contributed by atoms with E-state index in [0.29, 0.717) is 28.0 Å². The Morgan fingerprint density at radius 2 is 2.19 bits per heavy atom. The Bertz CT molecular complexity index is 487. The molecule has 1 heterocycles. The molecule has 3 nitrogen and oxygen atoms in total. The number of benzene rings is 1. The predicted octanol–water partition coefficient (Wildman–Crippen LogP) is 3.24. The molecule has 0 aliphatic heterocycles. The van der Waals surface area contributed by atoms with Crippen molar-refractivity contribution in [3.63, 3.8) is 0 Å². The summed E-state index contributed by atoms with van der Waals surface area (Å²) in [6.07, 6.45) is 1.46. The lowest BCUT2D eigenvalue weighted by molar-refractivity contribution is 0.252. The van der Waals surface area contributed by atoms with E-state index in [1.54, 1.807) is 24.3 Å². The van der Waals surface area contributed by atoms with Gasteiger partial charge in [0.15, 0.2) is 5.76 Å². The normalized spacial score (nSPS) is 10.9. The van der Waals surface area contributed by atoms with Crippen molar-refractivity contribution in [1.82, 2.24) is 4.98 Å². The van der Waals surface area contributed by atoms with Crippen LogP contribution in [0.15, 0.2) is 39.8 Å². The van der Waals surface area contributed by atoms with Crippen LogP contribution in [0.1, 0.15) is 0 Å². The van der Waals surface area contributed by atoms with Gasteiger partial charge in [0.25, 0.3) is 11.8 Å². The highest BCUT2D eigenvalue weighted by Crippen LogP contribution is 2.29. The summed E-state index contributed by atoms with van der Waals surface area (Å²) in [6.45, 7) is 0. The Hall–Kier alpha value is -1.56. The zero-order valence-electron chi connectivity index (χ0n) is 8.06. The molecule has 2 N–H and O–H groups in total. The molecule has 0 amide bonds. The molecule has 84 valence electrons. The Morgan fingerprint density at radius 3 is 2.81 bits per heavy atom. The maximum absolute atomic E-state index is 12.2. The summed E-state index contributed by atoms with van der Waals surface area (Å²) in [5, 5.41) is 0. The van der Waals surface area contributed by atoms with Gasteiger partial charge in [0.2, 0.25) is 0 Å². The van der Waals surface area contributed by atoms with E-state index in [1.807, 2.05) is 0 Å². The third-order valence-electron chi connectivity index (χ3n) is 1.87. The molecule has 16 heavy (non-hydrogen) atoms. The number of aromatic nitrogens is 1. The highest BCUT2D eigenvalue weighted by Gasteiger charge is 2.08. The number of hydrogen-bond donors (Lipinski definition) is 1. The largest absolute Gasteiger partial charge is 0.424 e. The van der Waals surface area contributed by atoms with E-state index < -0.39 is 5.76 Å². The van der Waals surface area contributed by atoms with Crippen LogP contribution in [0.5, 0.6) is 0 Å². The number of thioether (sulfide) groups is 1. The average molecular weight is 242 g/mol. The lowest BCUT2D eigenvalue weighted by Gasteiger charge is -2.01. The number of alkyl halides is 2. The molecule has 0 saturated heterocycles. The van der Waals surface area contributed by atoms with E-state index in [-0.39, 0.29) is 6.01 Å². The van der Waals surface area contributed by atoms with E-state index in [0.717, 1.165) is 0 Å². The number of anilines is 1. The second-order valence-electron chi connectivity index (χ2n) is 2.97. The summed E-state index contributed by atoms with van der Waals surface area (Å²) >= 11 is 0.487. The van der Waals surface area contributed by atoms with Crippen LogP contribution < -0.4 is 5.73 Å². The van der Waals surface area contributed by atoms with Gasteiger partial charge in [-0.25, -0.2) is 4.98 Å². The first-order chi connectivity index (χ1) is 7.65. The van der Waals surface area contributed by atoms with Crippen molar-refractivity contribution in [2.45, 2.75) is 10.7 Å². The van der Waals surface area contributed by atoms with Gasteiger partial charge in [-0.3, -0.25) is 0 Å². The Morgan fingerprint density at radius 1 is 1.38 bits per heavy atom. The van der Waals surface area contributed by atoms with Crippen molar-refractivity contribution >= 4 is 17.8 Å². The van der Waals surface area contributed by atoms with Crippen LogP contribution in [0.2, 0.25) is 0 Å². The van der Waals surface area contributed by atoms with E-state index in [1.165, 1.54) is 6.20 Å². The van der Waals surface area contributed by atoms with Crippen LogP contribution in [-0.4, -0.2) is 10.7 Å². The molecule has 0 radical (unpaired) electrons. The van der Waals surface area contributed by atoms with Gasteiger partial charge in [-0.15, -0.1) is 0 Å². The molecule has 0 aliphatic carbocycles. The van der Waals surface area contributed by atoms with Crippen molar-refractivity contribution in [3.05, 3.63) is 30.5 Å². The summed E-state index contributed by atoms with van der Waals surface area (Å²) in [4.78, 5) is 4.21. The number of oxazole rings is 1. The second kappa shape index (κ2) is 4.52. The smallest absolute Gasteiger partial charge is 0.292 e. The van der Waals surface area contributed by atoms with Gasteiger partial charge in [0, 0.05) is 10.5 Å². The fourth-order valence-corrected chi connectivity index (χ4v) is 1.80. The summed E-state index contributed by atoms with van der Waals surface area (Å²) in [6, 6.07) is 6.70. The Balaban J connectivity index is 2.28. The molecular weight excluding hydrogens is 234 g/mol. The van der Waals surface area contributed by atoms with Crippen LogP contribution in [0, 0.1) is 0 Å². The highest BCUT2D eigenvalue weighted by atomic mass is 32.2. The van der Waals surface area contributed by atoms with Gasteiger partial charge in [-0.05, 0) is 12.1 Å². The maximum Gasteiger partial charge on any atom is 0.292 e. The summed E-state index contributed by atoms with van der Waals surface area (Å²) in [7, 11) is 0. The van der Waals surface area contributed by atoms with Crippen molar-refractivity contribution in [3.8, 4) is 11.3 Å². The molecule has 0 spiro atoms. The number of halogens is 2. The van der Waals surface area contributed by atoms with Gasteiger partial charge in [-0.1, -0.05) is 23.9 Å². The summed E-state index contributed by atoms with van der Waals surface area (Å²) in [5.41, 5.74) is 6.01. The number of rotatable bonds is 3. The molecule has 0 saturated carbocycles. The third kappa shape index (κ3) is 2.52. The monoisotopic (exact) mass is 242 g/mol. The molecule has 6 heteroatoms. The summed E-state index contributed by atoms with van der Waals surface area (Å²) in [5.74, 6) is -1.97. The standard InChI is InChI=1S/C10H8F2N2OS/c11-9(12)16-7-3-1-2-6(4-7)8-5-14-10(13)15-8/h1-5,9H,(H2,13,14). The predicted molar refractivity (Wildman–Crippen MR) is 58.2 cm³/mol. The zero-order valence-corrected chi connectivity index (χ0v) is 8.88. The molecule has 0 fully saturated rings. The molecular formula is C10H8F2N2OS. The minimum absolute atomic E-state index is 0.0573. The van der Waals surface area contributed by atoms with Gasteiger partial charge >= 0.3 is 0 Å². The molecule has 0 unspecified atom stereocenters. The van der Waals surface area contributed by atoms with Gasteiger partial charge < -0.3 is 10.2 Å². The van der Waals surface area contributed by atoms with Crippen molar-refractivity contribution in [2.24, 2.45) is 0 Å². The molecule has 2 rings (SSSR count). The second-order valence-corrected chi connectivity index (χ2v) is 4.03. The van der Waals surface area contributed by atoms with Crippen LogP contribution in [0.25, 0.3) is 11.3 Å². The number of nitrogens with two attached hydrogens (primary N) is 1. The van der Waals surface area contributed by atoms with Crippen molar-refractivity contribution in [1.29, 1.82) is 0 Å². The van der Waals surface area contributed by atoms with Gasteiger partial charge in [-0.2, -0.15) is 8.78 Å². The number of nitrogen functional groups attached to an aromatic ring is 1. The van der Waals surface area contributed by atoms with E-state index in [9.17, 15) is 8.78 Å². The quantitative estimate of drug-likeness (QED) is 0.839. The molecule has 2 aromatic rings. The zero-order chi connectivity index (χ0) is 11.5. The van der Waals surface area contributed by atoms with E-state index in [4.69, 9.17) is 10.2 Å². The van der Waals surface area contributed by atoms with Gasteiger partial charge in [0.05, 0.1) is 6.20 Å². The van der Waals surface area contributed by atoms with Crippen LogP contribution >= 0.6 is 11.8 Å². The van der Waals surface area contributed by atoms with E-state index >= 15 is 0 Å². The SMILES string of the molecule is Nc1ncc(-c2cccc(SC(F)F)c2)o1. The number of hydrogen-bond acceptors (Lipinski definition) is 4. The molecule has 1 aromatic carbocycles. The lowest BCUT2D eigenvalue weighted by Crippen LogP contribution is -1.82. The fourth-order valence-electron chi connectivity index (χ4n) is 1.25. The fraction of sp³-hybridized carbons (Fsp3) is 0.100. The maximum atomic E-state index is 12.2. The first-order valence-electron chi connectivity index (χ1n) is 4.42. The van der Waals surface area contributed by atoms with Crippen LogP contribution in [0.3, 0.4) is 0 Å². The molecule has 0 atom stereocenters. The van der Waals surface area contributed by atoms with Gasteiger partial charge in [0.1, 0.15) is 0 Å². The molecule has 1 aromatic heterocycles. The van der Waals surface area contributed by atoms with Crippen molar-refractivity contribution in [2.75, 3.05) is 5.73 Å². The Kier molecular flexibility index (Phi) is 3.09.